The van der Waals surface area contributed by atoms with Crippen molar-refractivity contribution in [1.82, 2.24) is 19.6 Å². The van der Waals surface area contributed by atoms with Crippen LogP contribution in [0.2, 0.25) is 0 Å². The molecule has 4 saturated heterocycles. The Hall–Kier alpha value is -7.00. The van der Waals surface area contributed by atoms with Crippen LogP contribution in [0.25, 0.3) is 0 Å². The van der Waals surface area contributed by atoms with Crippen molar-refractivity contribution in [2.24, 2.45) is 0 Å². The number of nitrogens with zero attached hydrogens (tertiary/aromatic N) is 4. The van der Waals surface area contributed by atoms with Gasteiger partial charge < -0.3 is 61.3 Å². The van der Waals surface area contributed by atoms with Crippen LogP contribution in [0.1, 0.15) is 169 Å². The number of rotatable bonds is 12. The number of hydrogen-bond acceptors (Lipinski definition) is 16. The fourth-order valence-corrected chi connectivity index (χ4v) is 12.9. The second-order valence-electron chi connectivity index (χ2n) is 21.6. The molecule has 4 fully saturated rings. The Bertz CT molecular complexity index is 2500. The Morgan fingerprint density at radius 1 is 0.382 bits per heavy atom. The van der Waals surface area contributed by atoms with E-state index in [1.807, 2.05) is 0 Å². The quantitative estimate of drug-likeness (QED) is 0.0996. The minimum atomic E-state index is -1.21. The molecule has 6 atom stereocenters. The maximum atomic E-state index is 15.1. The molecule has 20 heteroatoms. The number of carbonyl (C=O) groups is 4. The van der Waals surface area contributed by atoms with Gasteiger partial charge in [0.2, 0.25) is 0 Å². The molecule has 0 spiro atoms. The van der Waals surface area contributed by atoms with Gasteiger partial charge in [-0.25, -0.2) is 0 Å². The third kappa shape index (κ3) is 9.32. The van der Waals surface area contributed by atoms with E-state index in [1.54, 1.807) is 37.5 Å². The summed E-state index contributed by atoms with van der Waals surface area (Å²) in [4.78, 5) is 56.1. The van der Waals surface area contributed by atoms with E-state index in [1.165, 1.54) is 34.1 Å². The normalized spacial score (nSPS) is 25.3. The molecule has 1 aliphatic carbocycles. The van der Waals surface area contributed by atoms with E-state index >= 15 is 20.4 Å². The lowest BCUT2D eigenvalue weighted by molar-refractivity contribution is -0.284. The van der Waals surface area contributed by atoms with Gasteiger partial charge in [-0.1, -0.05) is 39.8 Å². The molecule has 0 saturated carbocycles. The molecule has 4 aliphatic heterocycles. The molecule has 408 valence electrons. The molecule has 0 amide bonds. The average molecular weight is 1050 g/mol. The van der Waals surface area contributed by atoms with Gasteiger partial charge in [0.1, 0.15) is 47.2 Å². The van der Waals surface area contributed by atoms with Gasteiger partial charge in [0.25, 0.3) is 0 Å². The van der Waals surface area contributed by atoms with Crippen LogP contribution in [0.4, 0.5) is 0 Å². The van der Waals surface area contributed by atoms with E-state index in [4.69, 9.17) is 0 Å². The van der Waals surface area contributed by atoms with Crippen molar-refractivity contribution in [3.8, 4) is 46.0 Å². The summed E-state index contributed by atoms with van der Waals surface area (Å²) < 4.78 is 0. The van der Waals surface area contributed by atoms with Crippen molar-refractivity contribution in [2.75, 3.05) is 26.2 Å². The number of phenolic OH excluding ortho intramolecular Hbond substituents is 4. The summed E-state index contributed by atoms with van der Waals surface area (Å²) in [6, 6.07) is 1.56. The largest absolute Gasteiger partial charge is 0.872 e. The number of carboxylic acids is 4. The van der Waals surface area contributed by atoms with E-state index < -0.39 is 131 Å². The highest BCUT2D eigenvalue weighted by Gasteiger charge is 2.38. The van der Waals surface area contributed by atoms with Gasteiger partial charge in [0.05, 0.1) is 11.1 Å². The molecule has 9 rings (SSSR count). The van der Waals surface area contributed by atoms with Gasteiger partial charge >= 0.3 is 23.9 Å². The Morgan fingerprint density at radius 2 is 0.579 bits per heavy atom. The van der Waals surface area contributed by atoms with Gasteiger partial charge in [-0.2, -0.15) is 0 Å². The number of carboxylic acid groups (broad SMARTS) is 4. The first kappa shape index (κ1) is 53.8. The Balaban J connectivity index is 1.35. The highest BCUT2D eigenvalue weighted by molar-refractivity contribution is 5.76. The van der Waals surface area contributed by atoms with Crippen LogP contribution < -0.4 is 20.4 Å². The topological polar surface area (TPSA) is 335 Å². The van der Waals surface area contributed by atoms with Crippen molar-refractivity contribution in [2.45, 2.75) is 153 Å². The summed E-state index contributed by atoms with van der Waals surface area (Å²) >= 11 is 0. The van der Waals surface area contributed by atoms with Crippen molar-refractivity contribution in [3.05, 3.63) is 91.0 Å². The zero-order valence-corrected chi connectivity index (χ0v) is 42.9. The number of benzene rings is 4. The highest BCUT2D eigenvalue weighted by atomic mass is 16.4. The van der Waals surface area contributed by atoms with Crippen molar-refractivity contribution >= 4 is 23.9 Å². The molecular formula is C56H64N4O16-4. The number of likely N-dealkylation sites (tertiary alicyclic amines) is 4. The lowest BCUT2D eigenvalue weighted by Gasteiger charge is -2.38. The average Bonchev–Trinajstić information content (AvgIpc) is 4.23. The first-order valence-corrected chi connectivity index (χ1v) is 26.1. The number of fused-ring (bicyclic) bond motifs is 8. The van der Waals surface area contributed by atoms with Gasteiger partial charge in [-0.15, -0.1) is 23.0 Å². The number of hydrogen-bond donors (Lipinski definition) is 8. The maximum Gasteiger partial charge on any atom is 0.320 e. The summed E-state index contributed by atoms with van der Waals surface area (Å²) in [6.45, 7) is 6.05. The molecule has 5 aliphatic rings. The first-order chi connectivity index (χ1) is 36.0. The summed E-state index contributed by atoms with van der Waals surface area (Å²) in [5, 5.41) is 151. The summed E-state index contributed by atoms with van der Waals surface area (Å²) in [5.41, 5.74) is -0.827. The van der Waals surface area contributed by atoms with Crippen molar-refractivity contribution < 1.29 is 80.5 Å². The van der Waals surface area contributed by atoms with Gasteiger partial charge in [-0.3, -0.25) is 38.8 Å². The second-order valence-corrected chi connectivity index (χ2v) is 21.6. The van der Waals surface area contributed by atoms with Crippen LogP contribution in [-0.4, -0.2) is 135 Å². The standard InChI is InChI=1S/C56H68N4O16/c1-25-29-17-31(47(63)37(45(29)61)21-57-13-5-9-41(57)53(69)70)26(2)33-19-35(51(67)39(49(33)65)23-59-15-7-11-43(59)55(73)74)28(4)36-20-34(50(66)40(52(36)68)24-60-16-8-12-44(60)56(75)76)27(3)32-18-30(25)46(62)38(48(32)64)22-58-14-6-10-42(58)54(71)72/h17-20,25-28,41-44,61-68H,5-16,21-24H2,1-4H3,(H,69,70)(H,71,72)(H,73,74)(H,75,76)/p-4. The fraction of sp³-hybridized carbons (Fsp3) is 0.500. The summed E-state index contributed by atoms with van der Waals surface area (Å²) in [5.74, 6) is -14.2. The smallest absolute Gasteiger partial charge is 0.320 e. The minimum absolute atomic E-state index is 0.0505. The van der Waals surface area contributed by atoms with E-state index in [2.05, 4.69) is 0 Å². The van der Waals surface area contributed by atoms with Crippen LogP contribution >= 0.6 is 0 Å². The first-order valence-electron chi connectivity index (χ1n) is 26.1. The lowest BCUT2D eigenvalue weighted by Crippen LogP contribution is -2.36. The summed E-state index contributed by atoms with van der Waals surface area (Å²) in [6.07, 6.45) is 2.99. The van der Waals surface area contributed by atoms with Crippen molar-refractivity contribution in [1.29, 1.82) is 0 Å². The van der Waals surface area contributed by atoms with Crippen LogP contribution in [0.3, 0.4) is 0 Å². The van der Waals surface area contributed by atoms with E-state index in [9.17, 15) is 60.0 Å². The molecular weight excluding hydrogens is 985 g/mol. The third-order valence-electron chi connectivity index (χ3n) is 17.4. The molecule has 0 radical (unpaired) electrons. The van der Waals surface area contributed by atoms with Crippen LogP contribution in [0.15, 0.2) is 24.3 Å². The zero-order valence-electron chi connectivity index (χ0n) is 42.9. The third-order valence-corrected chi connectivity index (χ3v) is 17.4. The lowest BCUT2D eigenvalue weighted by atomic mass is 9.78. The molecule has 0 aromatic heterocycles. The molecule has 6 unspecified atom stereocenters. The molecule has 8 N–H and O–H groups in total. The SMILES string of the molecule is CC1c2cc(c([O-])c(CN3CCCC3C(=O)O)c2[O-])C(C)c2cc(c(O)c(CN3CCCC3C(=O)O)c2O)C(C)c2cc(c(O)c(CN3CCCC3C(=O)O)c2O)C(C)c2cc1c([O-])c(CN1CCCC1C(=O)O)c2[O-]. The second kappa shape index (κ2) is 20.8. The zero-order chi connectivity index (χ0) is 54.9. The van der Waals surface area contributed by atoms with E-state index in [0.717, 1.165) is 0 Å². The Labute approximate surface area is 438 Å². The monoisotopic (exact) mass is 1050 g/mol. The minimum Gasteiger partial charge on any atom is -0.872 e. The predicted octanol–water partition coefficient (Wildman–Crippen LogP) is 3.92. The van der Waals surface area contributed by atoms with Crippen LogP contribution in [0, 0.1) is 0 Å². The van der Waals surface area contributed by atoms with Crippen molar-refractivity contribution in [3.63, 3.8) is 0 Å². The van der Waals surface area contributed by atoms with Gasteiger partial charge in [-0.05, 0) is 123 Å². The van der Waals surface area contributed by atoms with Crippen LogP contribution in [0.5, 0.6) is 46.0 Å². The van der Waals surface area contributed by atoms with E-state index in [-0.39, 0.29) is 132 Å². The Kier molecular flexibility index (Phi) is 14.8. The van der Waals surface area contributed by atoms with Gasteiger partial charge in [0.15, 0.2) is 0 Å². The highest BCUT2D eigenvalue weighted by Crippen LogP contribution is 2.53. The molecule has 20 nitrogen and oxygen atoms in total. The number of aromatic hydroxyl groups is 4. The molecule has 4 heterocycles. The molecule has 4 aromatic rings. The van der Waals surface area contributed by atoms with E-state index in [0.29, 0.717) is 25.7 Å². The maximum absolute atomic E-state index is 15.1. The van der Waals surface area contributed by atoms with Crippen LogP contribution in [-0.2, 0) is 45.4 Å². The van der Waals surface area contributed by atoms with Gasteiger partial charge in [0, 0.05) is 72.1 Å². The summed E-state index contributed by atoms with van der Waals surface area (Å²) in [7, 11) is 0. The molecule has 4 aromatic carbocycles. The Morgan fingerprint density at radius 3 is 0.816 bits per heavy atom. The predicted molar refractivity (Wildman–Crippen MR) is 265 cm³/mol. The molecule has 8 bridgehead atoms. The number of aliphatic carboxylic acids is 4. The fourth-order valence-electron chi connectivity index (χ4n) is 12.9. The number of phenols is 4. The molecule has 76 heavy (non-hydrogen) atoms.